The van der Waals surface area contributed by atoms with Gasteiger partial charge in [-0.05, 0) is 43.7 Å². The van der Waals surface area contributed by atoms with E-state index in [9.17, 15) is 9.59 Å². The summed E-state index contributed by atoms with van der Waals surface area (Å²) in [7, 11) is 0. The standard InChI is InChI=1S/C20H19ClN2O3/c1-12(2)22-19(24)16-17(13-6-4-3-5-7-13)23(26-18(16)20(22)25)15-10-8-14(21)9-11-15/h3-12,16-18H,1-2H3/t16-,17+,18+/m1/s1. The number of hydrogen-bond acceptors (Lipinski definition) is 4. The average Bonchev–Trinajstić information content (AvgIpc) is 3.13. The van der Waals surface area contributed by atoms with Crippen LogP contribution in [0.1, 0.15) is 25.5 Å². The summed E-state index contributed by atoms with van der Waals surface area (Å²) in [5.41, 5.74) is 1.69. The smallest absolute Gasteiger partial charge is 0.262 e. The van der Waals surface area contributed by atoms with Gasteiger partial charge in [0.05, 0.1) is 11.7 Å². The van der Waals surface area contributed by atoms with Crippen molar-refractivity contribution in [3.8, 4) is 0 Å². The Balaban J connectivity index is 1.79. The third kappa shape index (κ3) is 2.59. The fourth-order valence-electron chi connectivity index (χ4n) is 3.75. The van der Waals surface area contributed by atoms with Gasteiger partial charge in [0, 0.05) is 11.1 Å². The van der Waals surface area contributed by atoms with E-state index >= 15 is 0 Å². The predicted octanol–water partition coefficient (Wildman–Crippen LogP) is 3.59. The molecule has 0 N–H and O–H groups in total. The van der Waals surface area contributed by atoms with E-state index in [1.165, 1.54) is 4.90 Å². The summed E-state index contributed by atoms with van der Waals surface area (Å²) in [6.07, 6.45) is -0.800. The third-order valence-electron chi connectivity index (χ3n) is 4.89. The van der Waals surface area contributed by atoms with Gasteiger partial charge in [0.15, 0.2) is 6.10 Å². The number of nitrogens with zero attached hydrogens (tertiary/aromatic N) is 2. The average molecular weight is 371 g/mol. The van der Waals surface area contributed by atoms with Gasteiger partial charge in [-0.25, -0.2) is 5.06 Å². The van der Waals surface area contributed by atoms with Gasteiger partial charge < -0.3 is 0 Å². The third-order valence-corrected chi connectivity index (χ3v) is 5.14. The van der Waals surface area contributed by atoms with E-state index in [1.807, 2.05) is 56.3 Å². The Kier molecular flexibility index (Phi) is 4.21. The number of amides is 2. The van der Waals surface area contributed by atoms with Gasteiger partial charge in [-0.15, -0.1) is 0 Å². The molecule has 4 rings (SSSR count). The molecule has 0 unspecified atom stereocenters. The summed E-state index contributed by atoms with van der Waals surface area (Å²) in [6, 6.07) is 16.3. The SMILES string of the molecule is CC(C)N1C(=O)[C@H]2[C@H](ON(c3ccc(Cl)cc3)[C@H]2c2ccccc2)C1=O. The summed E-state index contributed by atoms with van der Waals surface area (Å²) in [5.74, 6) is -1.02. The molecule has 0 aromatic heterocycles. The minimum absolute atomic E-state index is 0.180. The lowest BCUT2D eigenvalue weighted by Crippen LogP contribution is -2.41. The summed E-state index contributed by atoms with van der Waals surface area (Å²) >= 11 is 5.99. The van der Waals surface area contributed by atoms with Gasteiger partial charge in [0.2, 0.25) is 5.91 Å². The highest BCUT2D eigenvalue weighted by atomic mass is 35.5. The summed E-state index contributed by atoms with van der Waals surface area (Å²) in [6.45, 7) is 3.68. The van der Waals surface area contributed by atoms with Crippen molar-refractivity contribution in [2.24, 2.45) is 5.92 Å². The number of carbonyl (C=O) groups excluding carboxylic acids is 2. The first-order valence-corrected chi connectivity index (χ1v) is 9.00. The Bertz CT molecular complexity index is 838. The van der Waals surface area contributed by atoms with Crippen molar-refractivity contribution in [3.05, 3.63) is 65.2 Å². The largest absolute Gasteiger partial charge is 0.277 e. The van der Waals surface area contributed by atoms with Gasteiger partial charge in [-0.1, -0.05) is 41.9 Å². The Morgan fingerprint density at radius 1 is 0.962 bits per heavy atom. The molecular formula is C20H19ClN2O3. The lowest BCUT2D eigenvalue weighted by atomic mass is 9.90. The zero-order valence-corrected chi connectivity index (χ0v) is 15.3. The van der Waals surface area contributed by atoms with Gasteiger partial charge in [-0.2, -0.15) is 0 Å². The Morgan fingerprint density at radius 2 is 1.62 bits per heavy atom. The lowest BCUT2D eigenvalue weighted by Gasteiger charge is -2.29. The minimum Gasteiger partial charge on any atom is -0.277 e. The molecule has 134 valence electrons. The van der Waals surface area contributed by atoms with Crippen molar-refractivity contribution >= 4 is 29.1 Å². The van der Waals surface area contributed by atoms with E-state index in [2.05, 4.69) is 0 Å². The van der Waals surface area contributed by atoms with Crippen molar-refractivity contribution in [2.75, 3.05) is 5.06 Å². The van der Waals surface area contributed by atoms with Crippen molar-refractivity contribution < 1.29 is 14.4 Å². The summed E-state index contributed by atoms with van der Waals surface area (Å²) in [5, 5.41) is 2.29. The quantitative estimate of drug-likeness (QED) is 0.775. The van der Waals surface area contributed by atoms with E-state index in [4.69, 9.17) is 16.4 Å². The van der Waals surface area contributed by atoms with E-state index in [0.717, 1.165) is 11.3 Å². The molecule has 0 aliphatic carbocycles. The monoisotopic (exact) mass is 370 g/mol. The molecule has 2 aliphatic rings. The van der Waals surface area contributed by atoms with Crippen LogP contribution in [0.15, 0.2) is 54.6 Å². The van der Waals surface area contributed by atoms with Crippen LogP contribution in [0.2, 0.25) is 5.02 Å². The number of fused-ring (bicyclic) bond motifs is 1. The molecule has 0 saturated carbocycles. The van der Waals surface area contributed by atoms with Crippen molar-refractivity contribution in [3.63, 3.8) is 0 Å². The molecule has 26 heavy (non-hydrogen) atoms. The van der Waals surface area contributed by atoms with Crippen LogP contribution in [0.4, 0.5) is 5.69 Å². The van der Waals surface area contributed by atoms with E-state index in [0.29, 0.717) is 5.02 Å². The first-order valence-electron chi connectivity index (χ1n) is 8.62. The number of rotatable bonds is 3. The minimum atomic E-state index is -0.800. The maximum atomic E-state index is 13.0. The maximum Gasteiger partial charge on any atom is 0.262 e. The summed E-state index contributed by atoms with van der Waals surface area (Å²) in [4.78, 5) is 33.2. The Hall–Kier alpha value is -2.37. The number of likely N-dealkylation sites (tertiary alicyclic amines) is 1. The number of hydroxylamine groups is 1. The first-order chi connectivity index (χ1) is 12.5. The van der Waals surface area contributed by atoms with Crippen LogP contribution < -0.4 is 5.06 Å². The molecule has 6 heteroatoms. The second-order valence-electron chi connectivity index (χ2n) is 6.85. The van der Waals surface area contributed by atoms with Crippen LogP contribution in [0.5, 0.6) is 0 Å². The zero-order valence-electron chi connectivity index (χ0n) is 14.5. The molecule has 2 heterocycles. The fraction of sp³-hybridized carbons (Fsp3) is 0.300. The summed E-state index contributed by atoms with van der Waals surface area (Å²) < 4.78 is 0. The lowest BCUT2D eigenvalue weighted by molar-refractivity contribution is -0.145. The second kappa shape index (κ2) is 6.41. The van der Waals surface area contributed by atoms with Crippen molar-refractivity contribution in [1.82, 2.24) is 4.90 Å². The molecule has 0 spiro atoms. The van der Waals surface area contributed by atoms with Gasteiger partial charge in [0.25, 0.3) is 5.91 Å². The van der Waals surface area contributed by atoms with Gasteiger partial charge in [0.1, 0.15) is 5.92 Å². The van der Waals surface area contributed by atoms with E-state index in [-0.39, 0.29) is 23.9 Å². The van der Waals surface area contributed by atoms with Gasteiger partial charge >= 0.3 is 0 Å². The van der Waals surface area contributed by atoms with Crippen LogP contribution in [0, 0.1) is 5.92 Å². The number of imide groups is 1. The molecule has 0 bridgehead atoms. The molecule has 2 aromatic rings. The molecule has 0 radical (unpaired) electrons. The normalized spacial score (nSPS) is 25.3. The van der Waals surface area contributed by atoms with Crippen LogP contribution in [0.25, 0.3) is 0 Å². The number of anilines is 1. The molecule has 2 fully saturated rings. The molecule has 2 aromatic carbocycles. The Morgan fingerprint density at radius 3 is 2.23 bits per heavy atom. The highest BCUT2D eigenvalue weighted by molar-refractivity contribution is 6.30. The number of halogens is 1. The second-order valence-corrected chi connectivity index (χ2v) is 7.29. The van der Waals surface area contributed by atoms with Crippen molar-refractivity contribution in [2.45, 2.75) is 32.0 Å². The van der Waals surface area contributed by atoms with Crippen molar-refractivity contribution in [1.29, 1.82) is 0 Å². The molecular weight excluding hydrogens is 352 g/mol. The van der Waals surface area contributed by atoms with Crippen LogP contribution >= 0.6 is 11.6 Å². The van der Waals surface area contributed by atoms with Crippen LogP contribution in [-0.4, -0.2) is 28.9 Å². The highest BCUT2D eigenvalue weighted by Gasteiger charge is 2.60. The molecule has 5 nitrogen and oxygen atoms in total. The molecule has 2 aliphatic heterocycles. The van der Waals surface area contributed by atoms with E-state index < -0.39 is 12.0 Å². The Labute approximate surface area is 157 Å². The van der Waals surface area contributed by atoms with Crippen LogP contribution in [-0.2, 0) is 14.4 Å². The molecule has 3 atom stereocenters. The number of carbonyl (C=O) groups is 2. The number of benzene rings is 2. The molecule has 2 amide bonds. The van der Waals surface area contributed by atoms with E-state index in [1.54, 1.807) is 17.2 Å². The fourth-order valence-corrected chi connectivity index (χ4v) is 3.87. The topological polar surface area (TPSA) is 49.9 Å². The first kappa shape index (κ1) is 17.1. The highest BCUT2D eigenvalue weighted by Crippen LogP contribution is 2.47. The van der Waals surface area contributed by atoms with Gasteiger partial charge in [-0.3, -0.25) is 19.3 Å². The number of hydrogen-bond donors (Lipinski definition) is 0. The maximum absolute atomic E-state index is 13.0. The zero-order chi connectivity index (χ0) is 18.4. The predicted molar refractivity (Wildman–Crippen MR) is 98.5 cm³/mol. The molecule has 2 saturated heterocycles. The van der Waals surface area contributed by atoms with Crippen LogP contribution in [0.3, 0.4) is 0 Å².